The SMILES string of the molecule is Cl.Cn1ccnc1C1CNCCN1C(=O)COc1ccc2oc3c(c2c1)CCCC3. The van der Waals surface area contributed by atoms with Crippen LogP contribution in [0.3, 0.4) is 0 Å². The molecule has 3 aromatic rings. The summed E-state index contributed by atoms with van der Waals surface area (Å²) in [6, 6.07) is 5.78. The van der Waals surface area contributed by atoms with Gasteiger partial charge in [-0.1, -0.05) is 0 Å². The summed E-state index contributed by atoms with van der Waals surface area (Å²) in [5, 5.41) is 4.48. The van der Waals surface area contributed by atoms with Crippen LogP contribution in [0.5, 0.6) is 5.75 Å². The molecule has 0 spiro atoms. The summed E-state index contributed by atoms with van der Waals surface area (Å²) >= 11 is 0. The zero-order valence-corrected chi connectivity index (χ0v) is 17.9. The van der Waals surface area contributed by atoms with E-state index >= 15 is 0 Å². The molecule has 160 valence electrons. The van der Waals surface area contributed by atoms with Gasteiger partial charge in [0.15, 0.2) is 6.61 Å². The van der Waals surface area contributed by atoms with Crippen LogP contribution in [0, 0.1) is 0 Å². The minimum Gasteiger partial charge on any atom is -0.484 e. The number of carbonyl (C=O) groups excluding carboxylic acids is 1. The molecule has 8 heteroatoms. The highest BCUT2D eigenvalue weighted by Crippen LogP contribution is 2.34. The summed E-state index contributed by atoms with van der Waals surface area (Å²) in [5.41, 5.74) is 2.22. The average molecular weight is 431 g/mol. The molecule has 1 N–H and O–H groups in total. The molecule has 7 nitrogen and oxygen atoms in total. The number of carbonyl (C=O) groups is 1. The smallest absolute Gasteiger partial charge is 0.261 e. The van der Waals surface area contributed by atoms with E-state index in [4.69, 9.17) is 9.15 Å². The van der Waals surface area contributed by atoms with Gasteiger partial charge in [0, 0.05) is 56.4 Å². The predicted molar refractivity (Wildman–Crippen MR) is 116 cm³/mol. The predicted octanol–water partition coefficient (Wildman–Crippen LogP) is 3.02. The Kier molecular flexibility index (Phi) is 6.01. The molecule has 1 amide bonds. The van der Waals surface area contributed by atoms with Crippen LogP contribution in [0.2, 0.25) is 0 Å². The van der Waals surface area contributed by atoms with Gasteiger partial charge >= 0.3 is 0 Å². The van der Waals surface area contributed by atoms with Crippen molar-refractivity contribution in [2.24, 2.45) is 7.05 Å². The topological polar surface area (TPSA) is 72.5 Å². The van der Waals surface area contributed by atoms with Crippen molar-refractivity contribution in [1.29, 1.82) is 0 Å². The number of amides is 1. The number of furan rings is 1. The monoisotopic (exact) mass is 430 g/mol. The van der Waals surface area contributed by atoms with Crippen LogP contribution in [0.15, 0.2) is 35.0 Å². The molecule has 1 unspecified atom stereocenters. The number of ether oxygens (including phenoxy) is 1. The molecule has 1 saturated heterocycles. The quantitative estimate of drug-likeness (QED) is 0.688. The molecular formula is C22H27ClN4O3. The lowest BCUT2D eigenvalue weighted by atomic mass is 9.96. The van der Waals surface area contributed by atoms with Gasteiger partial charge < -0.3 is 23.9 Å². The summed E-state index contributed by atoms with van der Waals surface area (Å²) in [6.07, 6.45) is 8.12. The second-order valence-corrected chi connectivity index (χ2v) is 7.86. The normalized spacial score (nSPS) is 18.7. The maximum Gasteiger partial charge on any atom is 0.261 e. The van der Waals surface area contributed by atoms with E-state index in [1.165, 1.54) is 18.4 Å². The first-order valence-corrected chi connectivity index (χ1v) is 10.4. The number of rotatable bonds is 4. The molecular weight excluding hydrogens is 404 g/mol. The fourth-order valence-electron chi connectivity index (χ4n) is 4.49. The summed E-state index contributed by atoms with van der Waals surface area (Å²) in [5.74, 6) is 2.69. The van der Waals surface area contributed by atoms with Crippen LogP contribution in [0.1, 0.15) is 36.0 Å². The van der Waals surface area contributed by atoms with E-state index in [1.54, 1.807) is 6.20 Å². The zero-order chi connectivity index (χ0) is 19.8. The molecule has 1 aliphatic heterocycles. The number of nitrogens with one attached hydrogen (secondary N) is 1. The van der Waals surface area contributed by atoms with Gasteiger partial charge in [-0.2, -0.15) is 0 Å². The number of hydrogen-bond acceptors (Lipinski definition) is 5. The zero-order valence-electron chi connectivity index (χ0n) is 17.1. The maximum atomic E-state index is 13.0. The van der Waals surface area contributed by atoms with Crippen molar-refractivity contribution in [2.75, 3.05) is 26.2 Å². The van der Waals surface area contributed by atoms with Crippen LogP contribution < -0.4 is 10.1 Å². The Hall–Kier alpha value is -2.51. The maximum absolute atomic E-state index is 13.0. The number of halogens is 1. The number of aromatic nitrogens is 2. The summed E-state index contributed by atoms with van der Waals surface area (Å²) in [7, 11) is 1.96. The molecule has 0 saturated carbocycles. The third-order valence-corrected chi connectivity index (χ3v) is 6.01. The number of hydrogen-bond donors (Lipinski definition) is 1. The molecule has 30 heavy (non-hydrogen) atoms. The molecule has 2 aliphatic rings. The number of benzene rings is 1. The van der Waals surface area contributed by atoms with Crippen LogP contribution in [-0.2, 0) is 24.7 Å². The minimum atomic E-state index is -0.0803. The first-order chi connectivity index (χ1) is 14.2. The van der Waals surface area contributed by atoms with Crippen molar-refractivity contribution in [1.82, 2.24) is 19.8 Å². The Morgan fingerprint density at radius 3 is 3.03 bits per heavy atom. The van der Waals surface area contributed by atoms with Crippen molar-refractivity contribution in [3.63, 3.8) is 0 Å². The summed E-state index contributed by atoms with van der Waals surface area (Å²) in [6.45, 7) is 2.14. The van der Waals surface area contributed by atoms with Gasteiger partial charge in [0.2, 0.25) is 0 Å². The molecule has 3 heterocycles. The second-order valence-electron chi connectivity index (χ2n) is 7.86. The van der Waals surface area contributed by atoms with E-state index in [9.17, 15) is 4.79 Å². The Morgan fingerprint density at radius 1 is 1.33 bits per heavy atom. The fourth-order valence-corrected chi connectivity index (χ4v) is 4.49. The summed E-state index contributed by atoms with van der Waals surface area (Å²) < 4.78 is 13.9. The van der Waals surface area contributed by atoms with E-state index in [0.717, 1.165) is 41.9 Å². The van der Waals surface area contributed by atoms with E-state index < -0.39 is 0 Å². The Balaban J connectivity index is 0.00000218. The lowest BCUT2D eigenvalue weighted by Gasteiger charge is -2.35. The van der Waals surface area contributed by atoms with Crippen molar-refractivity contribution in [3.05, 3.63) is 47.7 Å². The molecule has 1 atom stereocenters. The lowest BCUT2D eigenvalue weighted by molar-refractivity contribution is -0.137. The fraction of sp³-hybridized carbons (Fsp3) is 0.455. The van der Waals surface area contributed by atoms with E-state index in [-0.39, 0.29) is 31.0 Å². The van der Waals surface area contributed by atoms with Crippen molar-refractivity contribution in [2.45, 2.75) is 31.7 Å². The van der Waals surface area contributed by atoms with Crippen LogP contribution in [0.25, 0.3) is 11.0 Å². The van der Waals surface area contributed by atoms with E-state index in [1.807, 2.05) is 40.9 Å². The Labute approximate surface area is 181 Å². The molecule has 1 aliphatic carbocycles. The third kappa shape index (κ3) is 3.79. The third-order valence-electron chi connectivity index (χ3n) is 6.01. The number of piperazine rings is 1. The van der Waals surface area contributed by atoms with Gasteiger partial charge in [0.25, 0.3) is 5.91 Å². The van der Waals surface area contributed by atoms with E-state index in [0.29, 0.717) is 18.8 Å². The van der Waals surface area contributed by atoms with Crippen molar-refractivity contribution >= 4 is 29.3 Å². The van der Waals surface area contributed by atoms with Gasteiger partial charge in [-0.15, -0.1) is 12.4 Å². The molecule has 1 aromatic carbocycles. The van der Waals surface area contributed by atoms with E-state index in [2.05, 4.69) is 10.3 Å². The van der Waals surface area contributed by atoms with Gasteiger partial charge in [-0.05, 0) is 37.5 Å². The molecule has 0 bridgehead atoms. The van der Waals surface area contributed by atoms with Crippen LogP contribution in [-0.4, -0.2) is 46.6 Å². The first-order valence-electron chi connectivity index (χ1n) is 10.4. The molecule has 0 radical (unpaired) electrons. The number of fused-ring (bicyclic) bond motifs is 3. The summed E-state index contributed by atoms with van der Waals surface area (Å²) in [4.78, 5) is 19.3. The van der Waals surface area contributed by atoms with Crippen LogP contribution in [0.4, 0.5) is 0 Å². The highest BCUT2D eigenvalue weighted by molar-refractivity contribution is 5.85. The molecule has 1 fully saturated rings. The number of nitrogens with zero attached hydrogens (tertiary/aromatic N) is 3. The average Bonchev–Trinajstić information content (AvgIpc) is 3.35. The second kappa shape index (κ2) is 8.70. The van der Waals surface area contributed by atoms with Gasteiger partial charge in [-0.3, -0.25) is 4.79 Å². The highest BCUT2D eigenvalue weighted by Gasteiger charge is 2.30. The minimum absolute atomic E-state index is 0. The van der Waals surface area contributed by atoms with Gasteiger partial charge in [0.05, 0.1) is 0 Å². The number of aryl methyl sites for hydroxylation is 3. The highest BCUT2D eigenvalue weighted by atomic mass is 35.5. The lowest BCUT2D eigenvalue weighted by Crippen LogP contribution is -2.50. The Bertz CT molecular complexity index is 1040. The van der Waals surface area contributed by atoms with Crippen LogP contribution >= 0.6 is 12.4 Å². The van der Waals surface area contributed by atoms with Crippen molar-refractivity contribution < 1.29 is 13.9 Å². The molecule has 2 aromatic heterocycles. The number of imidazole rings is 1. The first kappa shape index (κ1) is 20.8. The Morgan fingerprint density at radius 2 is 2.20 bits per heavy atom. The van der Waals surface area contributed by atoms with Gasteiger partial charge in [-0.25, -0.2) is 4.98 Å². The molecule has 5 rings (SSSR count). The largest absolute Gasteiger partial charge is 0.484 e. The standard InChI is InChI=1S/C22H26N4O3.ClH/c1-25-10-9-24-22(25)18-13-23-8-11-26(18)21(27)14-28-15-6-7-20-17(12-15)16-4-2-3-5-19(16)29-20;/h6-7,9-10,12,18,23H,2-5,8,11,13-14H2,1H3;1H. The van der Waals surface area contributed by atoms with Crippen molar-refractivity contribution in [3.8, 4) is 5.75 Å². The van der Waals surface area contributed by atoms with Gasteiger partial charge in [0.1, 0.15) is 29.0 Å².